The van der Waals surface area contributed by atoms with Gasteiger partial charge in [-0.15, -0.1) is 0 Å². The van der Waals surface area contributed by atoms with Crippen molar-refractivity contribution in [1.82, 2.24) is 14.5 Å². The number of piperidine rings is 1. The third kappa shape index (κ3) is 4.42. The summed E-state index contributed by atoms with van der Waals surface area (Å²) in [5.41, 5.74) is -0.230. The molecule has 1 N–H and O–H groups in total. The van der Waals surface area contributed by atoms with Crippen LogP contribution in [0.4, 0.5) is 19.1 Å². The number of hydrogen-bond donors (Lipinski definition) is 1. The van der Waals surface area contributed by atoms with E-state index in [4.69, 9.17) is 4.42 Å². The Morgan fingerprint density at radius 2 is 1.97 bits per heavy atom. The van der Waals surface area contributed by atoms with Crippen molar-refractivity contribution in [2.75, 3.05) is 18.4 Å². The van der Waals surface area contributed by atoms with Gasteiger partial charge in [-0.25, -0.2) is 4.98 Å². The van der Waals surface area contributed by atoms with Crippen LogP contribution in [0.15, 0.2) is 41.0 Å². The van der Waals surface area contributed by atoms with E-state index in [2.05, 4.69) is 10.3 Å². The maximum Gasteiger partial charge on any atom is 0.416 e. The standard InChI is InChI=1S/C21H21F3N4O3/c1-13(29)27-8-6-14(7-9-27)19(30)26-20-25-17-11-15(21(22,23)24)4-5-18(17)28(20)12-16-3-2-10-31-16/h2-5,10-11,14H,6-9,12H2,1H3,(H,25,26,30). The minimum atomic E-state index is -4.49. The molecule has 164 valence electrons. The zero-order valence-corrected chi connectivity index (χ0v) is 16.8. The van der Waals surface area contributed by atoms with Crippen LogP contribution in [-0.2, 0) is 22.3 Å². The van der Waals surface area contributed by atoms with E-state index >= 15 is 0 Å². The molecule has 4 rings (SSSR count). The molecule has 0 bridgehead atoms. The zero-order chi connectivity index (χ0) is 22.2. The minimum Gasteiger partial charge on any atom is -0.467 e. The molecule has 1 saturated heterocycles. The third-order valence-electron chi connectivity index (χ3n) is 5.52. The normalized spacial score (nSPS) is 15.4. The number of hydrogen-bond acceptors (Lipinski definition) is 4. The highest BCUT2D eigenvalue weighted by atomic mass is 19.4. The number of fused-ring (bicyclic) bond motifs is 1. The number of halogens is 3. The molecular formula is C21H21F3N4O3. The Labute approximate surface area is 175 Å². The highest BCUT2D eigenvalue weighted by Gasteiger charge is 2.32. The van der Waals surface area contributed by atoms with Crippen molar-refractivity contribution in [1.29, 1.82) is 0 Å². The van der Waals surface area contributed by atoms with Crippen molar-refractivity contribution in [2.24, 2.45) is 5.92 Å². The molecule has 1 aliphatic heterocycles. The smallest absolute Gasteiger partial charge is 0.416 e. The number of benzene rings is 1. The number of anilines is 1. The predicted octanol–water partition coefficient (Wildman–Crippen LogP) is 3.89. The number of carbonyl (C=O) groups is 2. The molecule has 31 heavy (non-hydrogen) atoms. The molecule has 1 aliphatic rings. The van der Waals surface area contributed by atoms with Crippen molar-refractivity contribution in [2.45, 2.75) is 32.5 Å². The number of amides is 2. The summed E-state index contributed by atoms with van der Waals surface area (Å²) >= 11 is 0. The summed E-state index contributed by atoms with van der Waals surface area (Å²) in [6.45, 7) is 2.68. The molecule has 0 radical (unpaired) electrons. The zero-order valence-electron chi connectivity index (χ0n) is 16.8. The summed E-state index contributed by atoms with van der Waals surface area (Å²) in [7, 11) is 0. The number of alkyl halides is 3. The second-order valence-electron chi connectivity index (χ2n) is 7.57. The van der Waals surface area contributed by atoms with Gasteiger partial charge >= 0.3 is 6.18 Å². The van der Waals surface area contributed by atoms with E-state index in [-0.39, 0.29) is 35.7 Å². The predicted molar refractivity (Wildman–Crippen MR) is 106 cm³/mol. The summed E-state index contributed by atoms with van der Waals surface area (Å²) in [5, 5.41) is 2.77. The van der Waals surface area contributed by atoms with Gasteiger partial charge in [0.1, 0.15) is 5.76 Å². The molecule has 0 aliphatic carbocycles. The van der Waals surface area contributed by atoms with E-state index in [0.717, 1.165) is 12.1 Å². The highest BCUT2D eigenvalue weighted by molar-refractivity contribution is 5.93. The Hall–Kier alpha value is -3.30. The highest BCUT2D eigenvalue weighted by Crippen LogP contribution is 2.32. The fraction of sp³-hybridized carbons (Fsp3) is 0.381. The largest absolute Gasteiger partial charge is 0.467 e. The molecule has 0 spiro atoms. The van der Waals surface area contributed by atoms with Gasteiger partial charge in [-0.1, -0.05) is 0 Å². The lowest BCUT2D eigenvalue weighted by molar-refractivity contribution is -0.137. The van der Waals surface area contributed by atoms with Crippen LogP contribution in [0.2, 0.25) is 0 Å². The van der Waals surface area contributed by atoms with Crippen LogP contribution < -0.4 is 5.32 Å². The first-order valence-electron chi connectivity index (χ1n) is 9.88. The lowest BCUT2D eigenvalue weighted by Crippen LogP contribution is -2.40. The summed E-state index contributed by atoms with van der Waals surface area (Å²) < 4.78 is 46.4. The molecule has 3 heterocycles. The van der Waals surface area contributed by atoms with Crippen LogP contribution in [-0.4, -0.2) is 39.4 Å². The van der Waals surface area contributed by atoms with Crippen LogP contribution in [0, 0.1) is 5.92 Å². The van der Waals surface area contributed by atoms with Gasteiger partial charge in [0.15, 0.2) is 0 Å². The lowest BCUT2D eigenvalue weighted by atomic mass is 9.96. The molecule has 0 atom stereocenters. The van der Waals surface area contributed by atoms with Crippen LogP contribution in [0.1, 0.15) is 31.1 Å². The number of nitrogens with zero attached hydrogens (tertiary/aromatic N) is 3. The molecule has 0 unspecified atom stereocenters. The molecule has 10 heteroatoms. The second kappa shape index (κ2) is 8.09. The van der Waals surface area contributed by atoms with Gasteiger partial charge in [0.05, 0.1) is 29.4 Å². The average Bonchev–Trinajstić information content (AvgIpc) is 3.35. The van der Waals surface area contributed by atoms with Gasteiger partial charge in [0, 0.05) is 25.9 Å². The molecule has 7 nitrogen and oxygen atoms in total. The number of carbonyl (C=O) groups excluding carboxylic acids is 2. The number of aromatic nitrogens is 2. The maximum absolute atomic E-state index is 13.1. The SMILES string of the molecule is CC(=O)N1CCC(C(=O)Nc2nc3cc(C(F)(F)F)ccc3n2Cc2ccco2)CC1. The number of furan rings is 1. The van der Waals surface area contributed by atoms with Crippen LogP contribution in [0.3, 0.4) is 0 Å². The summed E-state index contributed by atoms with van der Waals surface area (Å²) in [5.74, 6) is 0.127. The fourth-order valence-corrected chi connectivity index (χ4v) is 3.79. The van der Waals surface area contributed by atoms with Gasteiger partial charge < -0.3 is 13.9 Å². The van der Waals surface area contributed by atoms with Crippen LogP contribution in [0.5, 0.6) is 0 Å². The fourth-order valence-electron chi connectivity index (χ4n) is 3.79. The maximum atomic E-state index is 13.1. The topological polar surface area (TPSA) is 80.4 Å². The summed E-state index contributed by atoms with van der Waals surface area (Å²) in [6.07, 6.45) is -1.96. The molecule has 3 aromatic rings. The van der Waals surface area contributed by atoms with Gasteiger partial charge in [0.2, 0.25) is 17.8 Å². The Balaban J connectivity index is 1.62. The Kier molecular flexibility index (Phi) is 5.47. The summed E-state index contributed by atoms with van der Waals surface area (Å²) in [6, 6.07) is 6.74. The first-order chi connectivity index (χ1) is 14.7. The number of rotatable bonds is 4. The van der Waals surface area contributed by atoms with Gasteiger partial charge in [-0.05, 0) is 43.2 Å². The van der Waals surface area contributed by atoms with Crippen molar-refractivity contribution in [3.63, 3.8) is 0 Å². The molecule has 1 aromatic carbocycles. The summed E-state index contributed by atoms with van der Waals surface area (Å²) in [4.78, 5) is 30.3. The van der Waals surface area contributed by atoms with E-state index in [9.17, 15) is 22.8 Å². The monoisotopic (exact) mass is 434 g/mol. The first-order valence-corrected chi connectivity index (χ1v) is 9.88. The van der Waals surface area contributed by atoms with Crippen LogP contribution >= 0.6 is 0 Å². The Morgan fingerprint density at radius 3 is 2.58 bits per heavy atom. The van der Waals surface area contributed by atoms with Gasteiger partial charge in [0.25, 0.3) is 0 Å². The van der Waals surface area contributed by atoms with Crippen molar-refractivity contribution in [3.05, 3.63) is 47.9 Å². The molecule has 2 aromatic heterocycles. The Bertz CT molecular complexity index is 1100. The lowest BCUT2D eigenvalue weighted by Gasteiger charge is -2.30. The second-order valence-corrected chi connectivity index (χ2v) is 7.57. The molecule has 1 fully saturated rings. The van der Waals surface area contributed by atoms with Gasteiger partial charge in [-0.2, -0.15) is 13.2 Å². The number of nitrogens with one attached hydrogen (secondary N) is 1. The molecule has 2 amide bonds. The van der Waals surface area contributed by atoms with Crippen LogP contribution in [0.25, 0.3) is 11.0 Å². The van der Waals surface area contributed by atoms with Gasteiger partial charge in [-0.3, -0.25) is 14.9 Å². The third-order valence-corrected chi connectivity index (χ3v) is 5.52. The number of imidazole rings is 1. The average molecular weight is 434 g/mol. The van der Waals surface area contributed by atoms with Crippen molar-refractivity contribution in [3.8, 4) is 0 Å². The molecule has 0 saturated carbocycles. The van der Waals surface area contributed by atoms with Crippen molar-refractivity contribution < 1.29 is 27.2 Å². The van der Waals surface area contributed by atoms with E-state index in [1.165, 1.54) is 19.3 Å². The minimum absolute atomic E-state index is 0.0282. The van der Waals surface area contributed by atoms with E-state index in [0.29, 0.717) is 37.2 Å². The van der Waals surface area contributed by atoms with E-state index in [1.54, 1.807) is 21.6 Å². The Morgan fingerprint density at radius 1 is 1.23 bits per heavy atom. The van der Waals surface area contributed by atoms with Crippen molar-refractivity contribution >= 4 is 28.8 Å². The molecular weight excluding hydrogens is 413 g/mol. The van der Waals surface area contributed by atoms with E-state index < -0.39 is 11.7 Å². The quantitative estimate of drug-likeness (QED) is 0.676. The van der Waals surface area contributed by atoms with E-state index in [1.807, 2.05) is 0 Å². The number of likely N-dealkylation sites (tertiary alicyclic amines) is 1. The first kappa shape index (κ1) is 21.0.